The number of aromatic nitrogens is 3. The minimum atomic E-state index is -0.264. The second kappa shape index (κ2) is 4.40. The molecule has 1 aromatic carbocycles. The summed E-state index contributed by atoms with van der Waals surface area (Å²) in [6.07, 6.45) is 2.48. The Labute approximate surface area is 92.9 Å². The minimum absolute atomic E-state index is 0.0540. The van der Waals surface area contributed by atoms with E-state index in [9.17, 15) is 4.39 Å². The highest BCUT2D eigenvalue weighted by molar-refractivity contribution is 5.30. The highest BCUT2D eigenvalue weighted by Gasteiger charge is 2.04. The van der Waals surface area contributed by atoms with Gasteiger partial charge in [-0.3, -0.25) is 0 Å². The van der Waals surface area contributed by atoms with Gasteiger partial charge in [-0.15, -0.1) is 5.10 Å². The van der Waals surface area contributed by atoms with Gasteiger partial charge in [0, 0.05) is 12.5 Å². The van der Waals surface area contributed by atoms with Crippen LogP contribution in [0, 0.1) is 5.82 Å². The van der Waals surface area contributed by atoms with E-state index in [1.807, 2.05) is 6.92 Å². The molecule has 2 N–H and O–H groups in total. The van der Waals surface area contributed by atoms with Gasteiger partial charge in [-0.25, -0.2) is 9.07 Å². The summed E-state index contributed by atoms with van der Waals surface area (Å²) in [5.41, 5.74) is 7.28. The Morgan fingerprint density at radius 2 is 2.06 bits per heavy atom. The second-order valence-electron chi connectivity index (χ2n) is 3.81. The molecule has 1 atom stereocenters. The van der Waals surface area contributed by atoms with Crippen molar-refractivity contribution in [1.82, 2.24) is 15.0 Å². The third-order valence-corrected chi connectivity index (χ3v) is 2.16. The van der Waals surface area contributed by atoms with Crippen LogP contribution >= 0.6 is 0 Å². The fraction of sp³-hybridized carbons (Fsp3) is 0.273. The first-order chi connectivity index (χ1) is 7.65. The van der Waals surface area contributed by atoms with Crippen LogP contribution in [0.25, 0.3) is 5.69 Å². The zero-order valence-electron chi connectivity index (χ0n) is 8.97. The molecule has 0 bridgehead atoms. The third-order valence-electron chi connectivity index (χ3n) is 2.16. The molecule has 0 saturated carbocycles. The number of rotatable bonds is 3. The predicted octanol–water partition coefficient (Wildman–Crippen LogP) is 1.30. The SMILES string of the molecule is CC(N)Cc1cn(-c2ccc(F)cc2)nn1. The summed E-state index contributed by atoms with van der Waals surface area (Å²) in [5.74, 6) is -0.264. The van der Waals surface area contributed by atoms with Crippen LogP contribution in [0.3, 0.4) is 0 Å². The highest BCUT2D eigenvalue weighted by Crippen LogP contribution is 2.08. The van der Waals surface area contributed by atoms with Gasteiger partial charge < -0.3 is 5.73 Å². The molecule has 1 aromatic heterocycles. The van der Waals surface area contributed by atoms with E-state index in [-0.39, 0.29) is 11.9 Å². The molecule has 0 aliphatic rings. The topological polar surface area (TPSA) is 56.7 Å². The van der Waals surface area contributed by atoms with Gasteiger partial charge in [-0.1, -0.05) is 5.21 Å². The number of hydrogen-bond donors (Lipinski definition) is 1. The quantitative estimate of drug-likeness (QED) is 0.848. The summed E-state index contributed by atoms with van der Waals surface area (Å²) in [7, 11) is 0. The lowest BCUT2D eigenvalue weighted by atomic mass is 10.2. The number of halogens is 1. The van der Waals surface area contributed by atoms with Crippen LogP contribution in [0.4, 0.5) is 4.39 Å². The van der Waals surface area contributed by atoms with Crippen LogP contribution in [0.1, 0.15) is 12.6 Å². The molecular formula is C11H13FN4. The van der Waals surface area contributed by atoms with Gasteiger partial charge in [-0.2, -0.15) is 0 Å². The smallest absolute Gasteiger partial charge is 0.123 e. The zero-order chi connectivity index (χ0) is 11.5. The standard InChI is InChI=1S/C11H13FN4/c1-8(13)6-10-7-16(15-14-10)11-4-2-9(12)3-5-11/h2-5,7-8H,6,13H2,1H3. The molecule has 1 heterocycles. The van der Waals surface area contributed by atoms with Crippen LogP contribution in [0.5, 0.6) is 0 Å². The van der Waals surface area contributed by atoms with Crippen molar-refractivity contribution in [2.24, 2.45) is 5.73 Å². The average molecular weight is 220 g/mol. The van der Waals surface area contributed by atoms with Crippen LogP contribution < -0.4 is 5.73 Å². The number of nitrogens with zero attached hydrogens (tertiary/aromatic N) is 3. The largest absolute Gasteiger partial charge is 0.328 e. The molecule has 0 amide bonds. The van der Waals surface area contributed by atoms with Gasteiger partial charge in [0.15, 0.2) is 0 Å². The van der Waals surface area contributed by atoms with Crippen molar-refractivity contribution >= 4 is 0 Å². The Kier molecular flexibility index (Phi) is 2.96. The first kappa shape index (κ1) is 10.8. The molecular weight excluding hydrogens is 207 g/mol. The summed E-state index contributed by atoms with van der Waals surface area (Å²) in [6.45, 7) is 1.91. The molecule has 2 aromatic rings. The van der Waals surface area contributed by atoms with Crippen LogP contribution in [-0.2, 0) is 6.42 Å². The van der Waals surface area contributed by atoms with Gasteiger partial charge in [0.05, 0.1) is 17.6 Å². The number of nitrogens with two attached hydrogens (primary N) is 1. The molecule has 16 heavy (non-hydrogen) atoms. The molecule has 0 aliphatic carbocycles. The molecule has 5 heteroatoms. The van der Waals surface area contributed by atoms with Gasteiger partial charge >= 0.3 is 0 Å². The molecule has 0 saturated heterocycles. The monoisotopic (exact) mass is 220 g/mol. The van der Waals surface area contributed by atoms with E-state index in [0.717, 1.165) is 11.4 Å². The predicted molar refractivity (Wildman–Crippen MR) is 58.7 cm³/mol. The van der Waals surface area contributed by atoms with E-state index < -0.39 is 0 Å². The number of benzene rings is 1. The Hall–Kier alpha value is -1.75. The first-order valence-electron chi connectivity index (χ1n) is 5.08. The van der Waals surface area contributed by atoms with Crippen molar-refractivity contribution in [2.45, 2.75) is 19.4 Å². The van der Waals surface area contributed by atoms with Crippen LogP contribution in [-0.4, -0.2) is 21.0 Å². The number of hydrogen-bond acceptors (Lipinski definition) is 3. The highest BCUT2D eigenvalue weighted by atomic mass is 19.1. The van der Waals surface area contributed by atoms with Crippen molar-refractivity contribution in [3.05, 3.63) is 42.0 Å². The maximum absolute atomic E-state index is 12.7. The summed E-state index contributed by atoms with van der Waals surface area (Å²) in [6, 6.07) is 6.14. The van der Waals surface area contributed by atoms with Crippen LogP contribution in [0.2, 0.25) is 0 Å². The lowest BCUT2D eigenvalue weighted by Gasteiger charge is -1.99. The lowest BCUT2D eigenvalue weighted by Crippen LogP contribution is -2.17. The summed E-state index contributed by atoms with van der Waals surface area (Å²) >= 11 is 0. The normalized spacial score (nSPS) is 12.7. The fourth-order valence-corrected chi connectivity index (χ4v) is 1.44. The molecule has 0 fully saturated rings. The maximum atomic E-state index is 12.7. The lowest BCUT2D eigenvalue weighted by molar-refractivity contribution is 0.626. The summed E-state index contributed by atoms with van der Waals surface area (Å²) in [4.78, 5) is 0. The maximum Gasteiger partial charge on any atom is 0.123 e. The third kappa shape index (κ3) is 2.43. The van der Waals surface area contributed by atoms with Crippen molar-refractivity contribution < 1.29 is 4.39 Å². The molecule has 84 valence electrons. The van der Waals surface area contributed by atoms with Gasteiger partial charge in [0.1, 0.15) is 5.82 Å². The van der Waals surface area contributed by atoms with E-state index in [1.54, 1.807) is 23.0 Å². The molecule has 4 nitrogen and oxygen atoms in total. The molecule has 0 aliphatic heterocycles. The Morgan fingerprint density at radius 3 is 2.69 bits per heavy atom. The van der Waals surface area contributed by atoms with Crippen molar-refractivity contribution in [2.75, 3.05) is 0 Å². The van der Waals surface area contributed by atoms with E-state index in [2.05, 4.69) is 10.3 Å². The molecule has 2 rings (SSSR count). The van der Waals surface area contributed by atoms with Crippen molar-refractivity contribution in [3.8, 4) is 5.69 Å². The minimum Gasteiger partial charge on any atom is -0.328 e. The Morgan fingerprint density at radius 1 is 1.38 bits per heavy atom. The van der Waals surface area contributed by atoms with Gasteiger partial charge in [-0.05, 0) is 31.2 Å². The zero-order valence-corrected chi connectivity index (χ0v) is 8.97. The summed E-state index contributed by atoms with van der Waals surface area (Å²) < 4.78 is 14.3. The van der Waals surface area contributed by atoms with Crippen molar-refractivity contribution in [3.63, 3.8) is 0 Å². The van der Waals surface area contributed by atoms with E-state index in [0.29, 0.717) is 6.42 Å². The van der Waals surface area contributed by atoms with E-state index >= 15 is 0 Å². The van der Waals surface area contributed by atoms with E-state index in [1.165, 1.54) is 12.1 Å². The Balaban J connectivity index is 2.21. The first-order valence-corrected chi connectivity index (χ1v) is 5.08. The second-order valence-corrected chi connectivity index (χ2v) is 3.81. The summed E-state index contributed by atoms with van der Waals surface area (Å²) in [5, 5.41) is 7.95. The molecule has 0 radical (unpaired) electrons. The van der Waals surface area contributed by atoms with Crippen LogP contribution in [0.15, 0.2) is 30.5 Å². The van der Waals surface area contributed by atoms with Gasteiger partial charge in [0.2, 0.25) is 0 Å². The Bertz CT molecular complexity index is 461. The average Bonchev–Trinajstić information content (AvgIpc) is 2.66. The van der Waals surface area contributed by atoms with Gasteiger partial charge in [0.25, 0.3) is 0 Å². The molecule has 1 unspecified atom stereocenters. The molecule has 0 spiro atoms. The van der Waals surface area contributed by atoms with Crippen molar-refractivity contribution in [1.29, 1.82) is 0 Å². The van der Waals surface area contributed by atoms with E-state index in [4.69, 9.17) is 5.73 Å². The fourth-order valence-electron chi connectivity index (χ4n) is 1.44.